The number of aromatic hydroxyl groups is 1. The Morgan fingerprint density at radius 3 is 2.48 bits per heavy atom. The number of hydrogen-bond acceptors (Lipinski definition) is 9. The topological polar surface area (TPSA) is 175 Å². The van der Waals surface area contributed by atoms with E-state index in [1.165, 1.54) is 6.92 Å². The number of non-ortho nitro benzene ring substituents is 1. The minimum Gasteiger partial charge on any atom is -0.504 e. The van der Waals surface area contributed by atoms with Gasteiger partial charge in [-0.15, -0.1) is 0 Å². The first-order chi connectivity index (χ1) is 13.6. The molecule has 2 aromatic carbocycles. The van der Waals surface area contributed by atoms with E-state index in [4.69, 9.17) is 4.55 Å². The highest BCUT2D eigenvalue weighted by Gasteiger charge is 2.35. The van der Waals surface area contributed by atoms with E-state index in [2.05, 4.69) is 15.3 Å². The molecule has 0 aliphatic carbocycles. The number of benzene rings is 2. The van der Waals surface area contributed by atoms with Gasteiger partial charge in [0.05, 0.1) is 16.3 Å². The predicted octanol–water partition coefficient (Wildman–Crippen LogP) is 2.42. The highest BCUT2D eigenvalue weighted by molar-refractivity contribution is 7.86. The van der Waals surface area contributed by atoms with E-state index < -0.39 is 49.0 Å². The van der Waals surface area contributed by atoms with Gasteiger partial charge in [0.1, 0.15) is 10.6 Å². The summed E-state index contributed by atoms with van der Waals surface area (Å²) in [5.41, 5.74) is -0.604. The van der Waals surface area contributed by atoms with Crippen molar-refractivity contribution < 1.29 is 27.8 Å². The van der Waals surface area contributed by atoms with Gasteiger partial charge in [-0.25, -0.2) is 0 Å². The number of carbonyl (C=O) groups is 1. The molecule has 13 heteroatoms. The van der Waals surface area contributed by atoms with Crippen LogP contribution in [0.3, 0.4) is 0 Å². The third-order valence-corrected chi connectivity index (χ3v) is 4.77. The van der Waals surface area contributed by atoms with Crippen LogP contribution in [0.25, 0.3) is 0 Å². The fourth-order valence-corrected chi connectivity index (χ4v) is 3.14. The molecule has 1 heterocycles. The van der Waals surface area contributed by atoms with Crippen LogP contribution in [0.5, 0.6) is 5.75 Å². The Bertz CT molecular complexity index is 1160. The van der Waals surface area contributed by atoms with Crippen molar-refractivity contribution in [3.8, 4) is 5.75 Å². The van der Waals surface area contributed by atoms with Gasteiger partial charge in [-0.2, -0.15) is 28.8 Å². The Balaban J connectivity index is 1.98. The number of nitro groups is 1. The maximum atomic E-state index is 12.6. The second kappa shape index (κ2) is 7.37. The van der Waals surface area contributed by atoms with Crippen LogP contribution in [-0.2, 0) is 14.9 Å². The SMILES string of the molecule is CC1=NN(c2ccccc2)C(=O)C1N=Nc1cc([N+](=O)[O-])cc(S(=O)(=O)O)c1O. The molecule has 150 valence electrons. The molecular formula is C16H13N5O7S. The number of amides is 1. The number of hydrazone groups is 1. The standard InChI is InChI=1S/C16H13N5O7S/c1-9-14(16(23)20(19-9)10-5-3-2-4-6-10)18-17-12-7-11(21(24)25)8-13(15(12)22)29(26,27)28/h2-8,14,22H,1H3,(H,26,27,28). The second-order valence-corrected chi connectivity index (χ2v) is 7.28. The summed E-state index contributed by atoms with van der Waals surface area (Å²) in [7, 11) is -4.97. The van der Waals surface area contributed by atoms with Gasteiger partial charge in [-0.1, -0.05) is 18.2 Å². The third-order valence-electron chi connectivity index (χ3n) is 3.91. The highest BCUT2D eigenvalue weighted by Crippen LogP contribution is 2.38. The van der Waals surface area contributed by atoms with Crippen LogP contribution in [0.15, 0.2) is 62.7 Å². The van der Waals surface area contributed by atoms with Gasteiger partial charge in [0.2, 0.25) is 0 Å². The maximum Gasteiger partial charge on any atom is 0.298 e. The lowest BCUT2D eigenvalue weighted by Gasteiger charge is -2.11. The van der Waals surface area contributed by atoms with E-state index >= 15 is 0 Å². The van der Waals surface area contributed by atoms with Crippen molar-refractivity contribution in [2.75, 3.05) is 5.01 Å². The van der Waals surface area contributed by atoms with E-state index in [0.717, 1.165) is 11.1 Å². The summed E-state index contributed by atoms with van der Waals surface area (Å²) in [4.78, 5) is 21.5. The van der Waals surface area contributed by atoms with Crippen molar-refractivity contribution in [3.05, 3.63) is 52.6 Å². The molecule has 1 amide bonds. The van der Waals surface area contributed by atoms with Crippen molar-refractivity contribution in [3.63, 3.8) is 0 Å². The summed E-state index contributed by atoms with van der Waals surface area (Å²) >= 11 is 0. The van der Waals surface area contributed by atoms with Crippen molar-refractivity contribution >= 4 is 38.8 Å². The lowest BCUT2D eigenvalue weighted by atomic mass is 10.2. The Kier molecular flexibility index (Phi) is 5.09. The molecule has 12 nitrogen and oxygen atoms in total. The molecule has 2 aromatic rings. The molecule has 0 spiro atoms. The zero-order chi connectivity index (χ0) is 21.3. The molecule has 3 rings (SSSR count). The van der Waals surface area contributed by atoms with E-state index in [-0.39, 0.29) is 5.71 Å². The molecule has 1 unspecified atom stereocenters. The van der Waals surface area contributed by atoms with Gasteiger partial charge in [-0.05, 0) is 19.1 Å². The Morgan fingerprint density at radius 2 is 1.90 bits per heavy atom. The highest BCUT2D eigenvalue weighted by atomic mass is 32.2. The minimum atomic E-state index is -4.97. The molecule has 1 aliphatic rings. The number of phenols is 1. The van der Waals surface area contributed by atoms with Crippen LogP contribution in [-0.4, -0.2) is 40.7 Å². The van der Waals surface area contributed by atoms with E-state index in [1.54, 1.807) is 30.3 Å². The Morgan fingerprint density at radius 1 is 1.24 bits per heavy atom. The lowest BCUT2D eigenvalue weighted by Crippen LogP contribution is -2.29. The zero-order valence-electron chi connectivity index (χ0n) is 14.7. The van der Waals surface area contributed by atoms with Crippen molar-refractivity contribution in [1.82, 2.24) is 0 Å². The first-order valence-electron chi connectivity index (χ1n) is 7.93. The minimum absolute atomic E-state index is 0.266. The fourth-order valence-electron chi connectivity index (χ4n) is 2.52. The van der Waals surface area contributed by atoms with E-state index in [9.17, 15) is 28.4 Å². The zero-order valence-corrected chi connectivity index (χ0v) is 15.5. The third kappa shape index (κ3) is 3.95. The molecule has 0 saturated heterocycles. The molecule has 0 saturated carbocycles. The van der Waals surface area contributed by atoms with Crippen molar-refractivity contribution in [1.29, 1.82) is 0 Å². The quantitative estimate of drug-likeness (QED) is 0.323. The molecule has 0 aromatic heterocycles. The number of hydrogen-bond donors (Lipinski definition) is 2. The Labute approximate surface area is 163 Å². The number of para-hydroxylation sites is 1. The predicted molar refractivity (Wildman–Crippen MR) is 99.9 cm³/mol. The van der Waals surface area contributed by atoms with Gasteiger partial charge < -0.3 is 5.11 Å². The van der Waals surface area contributed by atoms with E-state index in [1.807, 2.05) is 0 Å². The first kappa shape index (κ1) is 20.0. The smallest absolute Gasteiger partial charge is 0.298 e. The molecule has 0 radical (unpaired) electrons. The lowest BCUT2D eigenvalue weighted by molar-refractivity contribution is -0.385. The summed E-state index contributed by atoms with van der Waals surface area (Å²) in [6, 6.07) is 8.54. The van der Waals surface area contributed by atoms with Gasteiger partial charge in [-0.3, -0.25) is 19.5 Å². The normalized spacial score (nSPS) is 17.0. The summed E-state index contributed by atoms with van der Waals surface area (Å²) in [6.45, 7) is 1.52. The van der Waals surface area contributed by atoms with Crippen LogP contribution >= 0.6 is 0 Å². The summed E-state index contributed by atoms with van der Waals surface area (Å²) in [5.74, 6) is -1.60. The number of anilines is 1. The van der Waals surface area contributed by atoms with Gasteiger partial charge in [0, 0.05) is 12.1 Å². The molecule has 0 fully saturated rings. The van der Waals surface area contributed by atoms with Crippen LogP contribution in [0.1, 0.15) is 6.92 Å². The number of carbonyl (C=O) groups excluding carboxylic acids is 1. The average Bonchev–Trinajstić information content (AvgIpc) is 2.94. The number of nitro benzene ring substituents is 1. The van der Waals surface area contributed by atoms with Crippen LogP contribution < -0.4 is 5.01 Å². The molecule has 1 atom stereocenters. The molecular weight excluding hydrogens is 406 g/mol. The number of nitrogens with zero attached hydrogens (tertiary/aromatic N) is 5. The number of rotatable bonds is 5. The monoisotopic (exact) mass is 419 g/mol. The van der Waals surface area contributed by atoms with Crippen LogP contribution in [0.4, 0.5) is 17.1 Å². The van der Waals surface area contributed by atoms with Gasteiger partial charge in [0.15, 0.2) is 11.8 Å². The first-order valence-corrected chi connectivity index (χ1v) is 9.37. The van der Waals surface area contributed by atoms with Crippen molar-refractivity contribution in [2.24, 2.45) is 15.3 Å². The summed E-state index contributed by atoms with van der Waals surface area (Å²) in [6.07, 6.45) is 0. The largest absolute Gasteiger partial charge is 0.504 e. The molecule has 0 bridgehead atoms. The van der Waals surface area contributed by atoms with Gasteiger partial charge in [0.25, 0.3) is 21.7 Å². The molecule has 1 aliphatic heterocycles. The summed E-state index contributed by atoms with van der Waals surface area (Å²) < 4.78 is 31.9. The van der Waals surface area contributed by atoms with Gasteiger partial charge >= 0.3 is 0 Å². The second-order valence-electron chi connectivity index (χ2n) is 5.89. The summed E-state index contributed by atoms with van der Waals surface area (Å²) in [5, 5.41) is 33.6. The van der Waals surface area contributed by atoms with Crippen molar-refractivity contribution in [2.45, 2.75) is 17.9 Å². The number of phenolic OH excluding ortho intramolecular Hbond substituents is 1. The molecule has 29 heavy (non-hydrogen) atoms. The molecule has 2 N–H and O–H groups in total. The average molecular weight is 419 g/mol. The van der Waals surface area contributed by atoms with Crippen LogP contribution in [0, 0.1) is 10.1 Å². The fraction of sp³-hybridized carbons (Fsp3) is 0.125. The van der Waals surface area contributed by atoms with E-state index in [0.29, 0.717) is 11.8 Å². The number of azo groups is 1. The van der Waals surface area contributed by atoms with Crippen LogP contribution in [0.2, 0.25) is 0 Å². The maximum absolute atomic E-state index is 12.6. The Hall–Kier alpha value is -3.71.